The monoisotopic (exact) mass is 465 g/mol. The SMILES string of the molecule is Cc1cc(C)c(CNC(=O)c2csc(CCCC3CCN(CC(F)F)CC3)c2C)c(=O)[nH]1. The van der Waals surface area contributed by atoms with Crippen molar-refractivity contribution in [3.63, 3.8) is 0 Å². The van der Waals surface area contributed by atoms with Crippen LogP contribution in [-0.2, 0) is 13.0 Å². The van der Waals surface area contributed by atoms with Gasteiger partial charge in [0, 0.05) is 28.1 Å². The van der Waals surface area contributed by atoms with Gasteiger partial charge in [-0.3, -0.25) is 14.5 Å². The fourth-order valence-corrected chi connectivity index (χ4v) is 5.59. The van der Waals surface area contributed by atoms with Crippen molar-refractivity contribution < 1.29 is 13.6 Å². The highest BCUT2D eigenvalue weighted by molar-refractivity contribution is 7.10. The van der Waals surface area contributed by atoms with E-state index >= 15 is 0 Å². The lowest BCUT2D eigenvalue weighted by Crippen LogP contribution is -2.36. The van der Waals surface area contributed by atoms with Crippen molar-refractivity contribution >= 4 is 17.2 Å². The Balaban J connectivity index is 1.47. The summed E-state index contributed by atoms with van der Waals surface area (Å²) in [6.07, 6.45) is 2.79. The zero-order valence-corrected chi connectivity index (χ0v) is 19.9. The number of likely N-dealkylation sites (tertiary alicyclic amines) is 1. The Morgan fingerprint density at radius 2 is 2.00 bits per heavy atom. The van der Waals surface area contributed by atoms with Crippen LogP contribution in [0.3, 0.4) is 0 Å². The molecule has 1 amide bonds. The molecule has 2 aromatic rings. The second-order valence-electron chi connectivity index (χ2n) is 8.85. The molecule has 5 nitrogen and oxygen atoms in total. The normalized spacial score (nSPS) is 15.4. The van der Waals surface area contributed by atoms with Crippen LogP contribution in [0.1, 0.15) is 63.3 Å². The average Bonchev–Trinajstić information content (AvgIpc) is 3.08. The van der Waals surface area contributed by atoms with Gasteiger partial charge in [0.05, 0.1) is 12.1 Å². The number of pyridine rings is 1. The highest BCUT2D eigenvalue weighted by Crippen LogP contribution is 2.27. The number of piperidine rings is 1. The van der Waals surface area contributed by atoms with Gasteiger partial charge in [-0.25, -0.2) is 8.78 Å². The Bertz CT molecular complexity index is 978. The van der Waals surface area contributed by atoms with Crippen molar-refractivity contribution in [2.24, 2.45) is 5.92 Å². The standard InChI is InChI=1S/C24H33F2N3O2S/c1-15-11-16(2)28-24(31)19(15)12-27-23(30)20-14-32-21(17(20)3)6-4-5-18-7-9-29(10-8-18)13-22(25)26/h11,14,18,22H,4-10,12-13H2,1-3H3,(H,27,30)(H,28,31). The number of alkyl halides is 2. The molecular weight excluding hydrogens is 432 g/mol. The van der Waals surface area contributed by atoms with Gasteiger partial charge >= 0.3 is 0 Å². The first kappa shape index (κ1) is 24.6. The lowest BCUT2D eigenvalue weighted by Gasteiger charge is -2.31. The number of nitrogens with zero attached hydrogens (tertiary/aromatic N) is 1. The smallest absolute Gasteiger partial charge is 0.253 e. The molecule has 2 N–H and O–H groups in total. The van der Waals surface area contributed by atoms with E-state index in [-0.39, 0.29) is 24.6 Å². The van der Waals surface area contributed by atoms with Crippen LogP contribution >= 0.6 is 11.3 Å². The summed E-state index contributed by atoms with van der Waals surface area (Å²) >= 11 is 1.61. The molecule has 0 bridgehead atoms. The molecule has 0 spiro atoms. The first-order valence-electron chi connectivity index (χ1n) is 11.3. The van der Waals surface area contributed by atoms with Crippen LogP contribution in [0.5, 0.6) is 0 Å². The summed E-state index contributed by atoms with van der Waals surface area (Å²) < 4.78 is 25.0. The second kappa shape index (κ2) is 11.2. The number of thiophene rings is 1. The molecule has 0 aliphatic carbocycles. The lowest BCUT2D eigenvalue weighted by atomic mass is 9.91. The van der Waals surface area contributed by atoms with Crippen molar-refractivity contribution in [1.29, 1.82) is 0 Å². The van der Waals surface area contributed by atoms with Crippen molar-refractivity contribution in [2.75, 3.05) is 19.6 Å². The van der Waals surface area contributed by atoms with E-state index in [4.69, 9.17) is 0 Å². The Morgan fingerprint density at radius 1 is 1.28 bits per heavy atom. The zero-order chi connectivity index (χ0) is 23.3. The molecule has 0 atom stereocenters. The van der Waals surface area contributed by atoms with Gasteiger partial charge in [0.1, 0.15) is 0 Å². The summed E-state index contributed by atoms with van der Waals surface area (Å²) in [4.78, 5) is 30.7. The number of halogens is 2. The summed E-state index contributed by atoms with van der Waals surface area (Å²) in [6, 6.07) is 1.90. The van der Waals surface area contributed by atoms with Crippen molar-refractivity contribution in [1.82, 2.24) is 15.2 Å². The number of nitrogens with one attached hydrogen (secondary N) is 2. The second-order valence-corrected chi connectivity index (χ2v) is 9.81. The first-order valence-corrected chi connectivity index (χ1v) is 12.2. The predicted octanol–water partition coefficient (Wildman–Crippen LogP) is 4.59. The van der Waals surface area contributed by atoms with E-state index < -0.39 is 6.43 Å². The van der Waals surface area contributed by atoms with Gasteiger partial charge < -0.3 is 10.3 Å². The summed E-state index contributed by atoms with van der Waals surface area (Å²) in [7, 11) is 0. The average molecular weight is 466 g/mol. The summed E-state index contributed by atoms with van der Waals surface area (Å²) in [5.74, 6) is 0.443. The Labute approximate surface area is 192 Å². The van der Waals surface area contributed by atoms with E-state index in [0.717, 1.165) is 62.0 Å². The highest BCUT2D eigenvalue weighted by Gasteiger charge is 2.21. The Morgan fingerprint density at radius 3 is 2.66 bits per heavy atom. The number of carbonyl (C=O) groups is 1. The molecule has 0 radical (unpaired) electrons. The van der Waals surface area contributed by atoms with E-state index in [1.165, 1.54) is 4.88 Å². The predicted molar refractivity (Wildman–Crippen MR) is 125 cm³/mol. The molecule has 2 aromatic heterocycles. The molecule has 0 unspecified atom stereocenters. The molecule has 0 saturated carbocycles. The topological polar surface area (TPSA) is 65.2 Å². The fraction of sp³-hybridized carbons (Fsp3) is 0.583. The van der Waals surface area contributed by atoms with Crippen LogP contribution in [0.25, 0.3) is 0 Å². The largest absolute Gasteiger partial charge is 0.348 e. The van der Waals surface area contributed by atoms with Crippen molar-refractivity contribution in [2.45, 2.75) is 65.8 Å². The number of amides is 1. The van der Waals surface area contributed by atoms with Crippen LogP contribution in [0, 0.1) is 26.7 Å². The molecule has 1 aliphatic heterocycles. The number of rotatable bonds is 9. The number of hydrogen-bond donors (Lipinski definition) is 2. The Kier molecular flexibility index (Phi) is 8.59. The maximum atomic E-state index is 12.7. The molecule has 1 saturated heterocycles. The summed E-state index contributed by atoms with van der Waals surface area (Å²) in [5.41, 5.74) is 3.77. The number of aromatic nitrogens is 1. The number of aromatic amines is 1. The van der Waals surface area contributed by atoms with Crippen LogP contribution in [0.4, 0.5) is 8.78 Å². The third-order valence-electron chi connectivity index (χ3n) is 6.43. The number of aryl methyl sites for hydroxylation is 3. The first-order chi connectivity index (χ1) is 15.2. The van der Waals surface area contributed by atoms with Gasteiger partial charge in [-0.05, 0) is 82.7 Å². The van der Waals surface area contributed by atoms with Gasteiger partial charge in [0.25, 0.3) is 17.9 Å². The minimum absolute atomic E-state index is 0.107. The molecule has 176 valence electrons. The van der Waals surface area contributed by atoms with E-state index in [1.807, 2.05) is 37.1 Å². The summed E-state index contributed by atoms with van der Waals surface area (Å²) in [5, 5.41) is 4.78. The van der Waals surface area contributed by atoms with Crippen molar-refractivity contribution in [3.8, 4) is 0 Å². The van der Waals surface area contributed by atoms with Crippen LogP contribution < -0.4 is 10.9 Å². The number of hydrogen-bond acceptors (Lipinski definition) is 4. The molecule has 0 aromatic carbocycles. The number of H-pyrrole nitrogens is 1. The van der Waals surface area contributed by atoms with Gasteiger partial charge in [-0.15, -0.1) is 11.3 Å². The van der Waals surface area contributed by atoms with Gasteiger partial charge in [0.2, 0.25) is 0 Å². The van der Waals surface area contributed by atoms with E-state index in [2.05, 4.69) is 10.3 Å². The van der Waals surface area contributed by atoms with Crippen LogP contribution in [0.2, 0.25) is 0 Å². The van der Waals surface area contributed by atoms with Gasteiger partial charge in [-0.2, -0.15) is 0 Å². The highest BCUT2D eigenvalue weighted by atomic mass is 32.1. The minimum atomic E-state index is -2.25. The lowest BCUT2D eigenvalue weighted by molar-refractivity contribution is 0.0679. The summed E-state index contributed by atoms with van der Waals surface area (Å²) in [6.45, 7) is 7.32. The fourth-order valence-electron chi connectivity index (χ4n) is 4.50. The molecular formula is C24H33F2N3O2S. The van der Waals surface area contributed by atoms with Crippen molar-refractivity contribution in [3.05, 3.63) is 54.6 Å². The van der Waals surface area contributed by atoms with E-state index in [9.17, 15) is 18.4 Å². The van der Waals surface area contributed by atoms with Crippen LogP contribution in [-0.4, -0.2) is 41.9 Å². The third-order valence-corrected chi connectivity index (χ3v) is 7.57. The molecule has 1 fully saturated rings. The molecule has 3 rings (SSSR count). The quantitative estimate of drug-likeness (QED) is 0.569. The molecule has 32 heavy (non-hydrogen) atoms. The van der Waals surface area contributed by atoms with Gasteiger partial charge in [0.15, 0.2) is 0 Å². The maximum absolute atomic E-state index is 12.7. The van der Waals surface area contributed by atoms with E-state index in [0.29, 0.717) is 17.0 Å². The molecule has 1 aliphatic rings. The minimum Gasteiger partial charge on any atom is -0.348 e. The third kappa shape index (κ3) is 6.48. The molecule has 8 heteroatoms. The molecule has 3 heterocycles. The van der Waals surface area contributed by atoms with Gasteiger partial charge in [-0.1, -0.05) is 6.42 Å². The zero-order valence-electron chi connectivity index (χ0n) is 19.1. The maximum Gasteiger partial charge on any atom is 0.253 e. The Hall–Kier alpha value is -2.06. The number of carbonyl (C=O) groups excluding carboxylic acids is 1. The van der Waals surface area contributed by atoms with E-state index in [1.54, 1.807) is 11.3 Å². The van der Waals surface area contributed by atoms with Crippen LogP contribution in [0.15, 0.2) is 16.2 Å².